The van der Waals surface area contributed by atoms with E-state index in [0.717, 1.165) is 47.5 Å². The molecule has 2 aliphatic heterocycles. The van der Waals surface area contributed by atoms with Crippen LogP contribution in [0.1, 0.15) is 49.0 Å². The molecule has 36 heavy (non-hydrogen) atoms. The Bertz CT molecular complexity index is 1330. The number of amidine groups is 1. The van der Waals surface area contributed by atoms with Crippen LogP contribution in [-0.4, -0.2) is 40.0 Å². The molecule has 6 nitrogen and oxygen atoms in total. The van der Waals surface area contributed by atoms with Crippen LogP contribution < -0.4 is 4.74 Å². The third-order valence-electron chi connectivity index (χ3n) is 6.58. The number of halogens is 3. The van der Waals surface area contributed by atoms with E-state index < -0.39 is 23.5 Å². The van der Waals surface area contributed by atoms with E-state index in [2.05, 4.69) is 10.1 Å². The quantitative estimate of drug-likeness (QED) is 0.419. The molecule has 2 atom stereocenters. The van der Waals surface area contributed by atoms with Gasteiger partial charge in [-0.25, -0.2) is 18.2 Å². The lowest BCUT2D eigenvalue weighted by molar-refractivity contribution is 0.0642. The lowest BCUT2D eigenvalue weighted by atomic mass is 9.93. The highest BCUT2D eigenvalue weighted by atomic mass is 19.2. The van der Waals surface area contributed by atoms with Crippen molar-refractivity contribution in [2.75, 3.05) is 13.7 Å². The zero-order valence-electron chi connectivity index (χ0n) is 20.3. The maximum absolute atomic E-state index is 14.1. The molecule has 1 aromatic heterocycles. The summed E-state index contributed by atoms with van der Waals surface area (Å²) in [6.07, 6.45) is 7.45. The topological polar surface area (TPSA) is 51.9 Å². The van der Waals surface area contributed by atoms with Crippen LogP contribution in [0.3, 0.4) is 0 Å². The molecule has 0 saturated carbocycles. The van der Waals surface area contributed by atoms with Gasteiger partial charge in [0.2, 0.25) is 0 Å². The van der Waals surface area contributed by atoms with Gasteiger partial charge in [-0.1, -0.05) is 11.2 Å². The molecule has 0 amide bonds. The van der Waals surface area contributed by atoms with Crippen LogP contribution in [0.4, 0.5) is 13.2 Å². The van der Waals surface area contributed by atoms with Gasteiger partial charge in [0.05, 0.1) is 30.9 Å². The summed E-state index contributed by atoms with van der Waals surface area (Å²) >= 11 is 0. The van der Waals surface area contributed by atoms with Crippen molar-refractivity contribution in [3.05, 3.63) is 82.7 Å². The number of methoxy groups -OCH3 is 1. The highest BCUT2D eigenvalue weighted by Crippen LogP contribution is 2.36. The summed E-state index contributed by atoms with van der Waals surface area (Å²) in [6, 6.07) is 7.63. The monoisotopic (exact) mass is 496 g/mol. The minimum atomic E-state index is -1.46. The highest BCUT2D eigenvalue weighted by Gasteiger charge is 2.34. The van der Waals surface area contributed by atoms with Crippen molar-refractivity contribution >= 4 is 11.9 Å². The molecular formula is C27H27F3N4O2. The molecule has 0 radical (unpaired) electrons. The summed E-state index contributed by atoms with van der Waals surface area (Å²) in [7, 11) is 1.62. The number of imidazole rings is 1. The van der Waals surface area contributed by atoms with Gasteiger partial charge >= 0.3 is 0 Å². The summed E-state index contributed by atoms with van der Waals surface area (Å²) in [5, 5.41) is 4.42. The molecular weight excluding hydrogens is 469 g/mol. The molecule has 0 bridgehead atoms. The first-order chi connectivity index (χ1) is 17.3. The number of oxime groups is 1. The molecule has 2 aliphatic rings. The van der Waals surface area contributed by atoms with Crippen molar-refractivity contribution in [2.45, 2.75) is 45.3 Å². The fraction of sp³-hybridized carbons (Fsp3) is 0.333. The van der Waals surface area contributed by atoms with Crippen molar-refractivity contribution in [1.29, 1.82) is 0 Å². The number of rotatable bonds is 4. The summed E-state index contributed by atoms with van der Waals surface area (Å²) in [6.45, 7) is 4.42. The van der Waals surface area contributed by atoms with Crippen LogP contribution in [-0.2, 0) is 4.84 Å². The Kier molecular flexibility index (Phi) is 6.47. The summed E-state index contributed by atoms with van der Waals surface area (Å²) in [5.74, 6) is -2.55. The van der Waals surface area contributed by atoms with E-state index in [1.807, 2.05) is 53.8 Å². The van der Waals surface area contributed by atoms with Crippen LogP contribution >= 0.6 is 0 Å². The number of nitrogens with zero attached hydrogens (tertiary/aromatic N) is 4. The van der Waals surface area contributed by atoms with Crippen molar-refractivity contribution in [3.8, 4) is 11.4 Å². The van der Waals surface area contributed by atoms with E-state index in [4.69, 9.17) is 9.57 Å². The van der Waals surface area contributed by atoms with E-state index in [1.54, 1.807) is 13.4 Å². The molecule has 3 heterocycles. The second kappa shape index (κ2) is 9.72. The Morgan fingerprint density at radius 2 is 1.92 bits per heavy atom. The second-order valence-corrected chi connectivity index (χ2v) is 9.20. The van der Waals surface area contributed by atoms with E-state index in [1.165, 1.54) is 0 Å². The third kappa shape index (κ3) is 4.57. The van der Waals surface area contributed by atoms with Crippen LogP contribution in [0.2, 0.25) is 0 Å². The Hall–Kier alpha value is -3.75. The minimum absolute atomic E-state index is 0.288. The molecule has 1 saturated heterocycles. The smallest absolute Gasteiger partial charge is 0.194 e. The minimum Gasteiger partial charge on any atom is -0.495 e. The van der Waals surface area contributed by atoms with Crippen molar-refractivity contribution in [2.24, 2.45) is 5.16 Å². The van der Waals surface area contributed by atoms with Gasteiger partial charge in [-0.2, -0.15) is 0 Å². The SMILES string of the molecule is COc1cc(/C=C2\CCCN3C2=NOC(C)CC3c2cc(F)c(F)c(F)c2)ccc1-n1cnc(C)c1. The number of ether oxygens (including phenoxy) is 1. The molecule has 9 heteroatoms. The van der Waals surface area contributed by atoms with Gasteiger partial charge in [0.15, 0.2) is 23.3 Å². The van der Waals surface area contributed by atoms with Gasteiger partial charge in [-0.15, -0.1) is 0 Å². The van der Waals surface area contributed by atoms with Crippen molar-refractivity contribution in [3.63, 3.8) is 0 Å². The summed E-state index contributed by atoms with van der Waals surface area (Å²) < 4.78 is 49.4. The highest BCUT2D eigenvalue weighted by molar-refractivity contribution is 6.02. The van der Waals surface area contributed by atoms with Crippen LogP contribution in [0, 0.1) is 24.4 Å². The zero-order valence-corrected chi connectivity index (χ0v) is 20.3. The predicted molar refractivity (Wildman–Crippen MR) is 130 cm³/mol. The standard InChI is InChI=1S/C27H27F3N4O2/c1-16-14-33(15-31-16)23-7-6-18(11-25(23)35-3)10-19-5-4-8-34-24(9-17(2)36-32-27(19)34)20-12-21(28)26(30)22(29)13-20/h6-7,10-15,17,24H,4-5,8-9H2,1-3H3/b19-10+. The Morgan fingerprint density at radius 3 is 2.61 bits per heavy atom. The van der Waals surface area contributed by atoms with Gasteiger partial charge in [0.1, 0.15) is 11.9 Å². The molecule has 0 N–H and O–H groups in total. The summed E-state index contributed by atoms with van der Waals surface area (Å²) in [5.41, 5.74) is 3.99. The maximum Gasteiger partial charge on any atom is 0.194 e. The first-order valence-electron chi connectivity index (χ1n) is 11.9. The normalized spacial score (nSPS) is 21.0. The number of piperidine rings is 1. The van der Waals surface area contributed by atoms with Gasteiger partial charge in [-0.05, 0) is 73.7 Å². The zero-order chi connectivity index (χ0) is 25.4. The largest absolute Gasteiger partial charge is 0.495 e. The number of hydrogen-bond acceptors (Lipinski definition) is 5. The number of fused-ring (bicyclic) bond motifs is 1. The predicted octanol–water partition coefficient (Wildman–Crippen LogP) is 5.95. The van der Waals surface area contributed by atoms with E-state index in [-0.39, 0.29) is 6.10 Å². The fourth-order valence-corrected chi connectivity index (χ4v) is 4.85. The Labute approximate surface area is 207 Å². The molecule has 5 rings (SSSR count). The fourth-order valence-electron chi connectivity index (χ4n) is 4.85. The number of benzene rings is 2. The third-order valence-corrected chi connectivity index (χ3v) is 6.58. The first-order valence-corrected chi connectivity index (χ1v) is 11.9. The van der Waals surface area contributed by atoms with Crippen LogP contribution in [0.15, 0.2) is 53.6 Å². The molecule has 2 aromatic carbocycles. The lowest BCUT2D eigenvalue weighted by Gasteiger charge is -2.37. The van der Waals surface area contributed by atoms with Crippen molar-refractivity contribution in [1.82, 2.24) is 14.5 Å². The number of aryl methyl sites for hydroxylation is 1. The Balaban J connectivity index is 1.51. The number of aromatic nitrogens is 2. The average Bonchev–Trinajstić information content (AvgIpc) is 3.22. The van der Waals surface area contributed by atoms with E-state index in [0.29, 0.717) is 30.1 Å². The molecule has 1 fully saturated rings. The van der Waals surface area contributed by atoms with Gasteiger partial charge in [-0.3, -0.25) is 0 Å². The maximum atomic E-state index is 14.1. The van der Waals surface area contributed by atoms with Crippen molar-refractivity contribution < 1.29 is 22.7 Å². The summed E-state index contributed by atoms with van der Waals surface area (Å²) in [4.78, 5) is 12.0. The molecule has 2 unspecified atom stereocenters. The van der Waals surface area contributed by atoms with Crippen LogP contribution in [0.25, 0.3) is 11.8 Å². The first kappa shape index (κ1) is 24.0. The molecule has 3 aromatic rings. The van der Waals surface area contributed by atoms with Gasteiger partial charge < -0.3 is 19.0 Å². The van der Waals surface area contributed by atoms with E-state index >= 15 is 0 Å². The van der Waals surface area contributed by atoms with Crippen LogP contribution in [0.5, 0.6) is 5.75 Å². The van der Waals surface area contributed by atoms with Gasteiger partial charge in [0.25, 0.3) is 0 Å². The lowest BCUT2D eigenvalue weighted by Crippen LogP contribution is -2.39. The van der Waals surface area contributed by atoms with Gasteiger partial charge in [0, 0.05) is 19.2 Å². The molecule has 0 spiro atoms. The average molecular weight is 497 g/mol. The second-order valence-electron chi connectivity index (χ2n) is 9.20. The molecule has 0 aliphatic carbocycles. The van der Waals surface area contributed by atoms with E-state index in [9.17, 15) is 13.2 Å². The Morgan fingerprint density at radius 1 is 1.14 bits per heavy atom. The molecule has 188 valence electrons. The number of hydrogen-bond donors (Lipinski definition) is 0.